The summed E-state index contributed by atoms with van der Waals surface area (Å²) in [5, 5.41) is 3.70. The molecule has 0 radical (unpaired) electrons. The van der Waals surface area contributed by atoms with Crippen LogP contribution in [0.2, 0.25) is 0 Å². The van der Waals surface area contributed by atoms with Gasteiger partial charge in [0.05, 0.1) is 22.1 Å². The molecule has 0 saturated carbocycles. The van der Waals surface area contributed by atoms with Crippen molar-refractivity contribution in [1.82, 2.24) is 4.98 Å². The highest BCUT2D eigenvalue weighted by atomic mass is 32.2. The lowest BCUT2D eigenvalue weighted by molar-refractivity contribution is 0.103. The van der Waals surface area contributed by atoms with Gasteiger partial charge in [0.15, 0.2) is 0 Å². The zero-order valence-electron chi connectivity index (χ0n) is 15.3. The van der Waals surface area contributed by atoms with Crippen LogP contribution in [0.15, 0.2) is 54.6 Å². The summed E-state index contributed by atoms with van der Waals surface area (Å²) in [7, 11) is -3.21. The maximum atomic E-state index is 12.8. The van der Waals surface area contributed by atoms with Gasteiger partial charge in [-0.25, -0.2) is 13.4 Å². The second kappa shape index (κ2) is 7.37. The van der Waals surface area contributed by atoms with Crippen molar-refractivity contribution in [2.45, 2.75) is 13.3 Å². The molecule has 4 rings (SSSR count). The number of rotatable bonds is 4. The fourth-order valence-electron chi connectivity index (χ4n) is 3.20. The summed E-state index contributed by atoms with van der Waals surface area (Å²) >= 11 is 1.35. The summed E-state index contributed by atoms with van der Waals surface area (Å²) in [6.07, 6.45) is 0.633. The molecule has 0 bridgehead atoms. The number of nitrogens with zero attached hydrogens (tertiary/aromatic N) is 2. The average molecular weight is 414 g/mol. The summed E-state index contributed by atoms with van der Waals surface area (Å²) in [5.74, 6) is -0.0515. The molecule has 8 heteroatoms. The molecule has 2 aromatic carbocycles. The molecule has 144 valence electrons. The molecular formula is C20H19N3O3S2. The number of carbonyl (C=O) groups is 1. The zero-order chi connectivity index (χ0) is 19.7. The van der Waals surface area contributed by atoms with Gasteiger partial charge in [-0.15, -0.1) is 11.3 Å². The van der Waals surface area contributed by atoms with E-state index in [0.717, 1.165) is 10.6 Å². The van der Waals surface area contributed by atoms with E-state index in [1.165, 1.54) is 15.6 Å². The van der Waals surface area contributed by atoms with Crippen molar-refractivity contribution in [2.75, 3.05) is 21.9 Å². The number of hydrogen-bond donors (Lipinski definition) is 1. The van der Waals surface area contributed by atoms with Gasteiger partial charge >= 0.3 is 0 Å². The number of anilines is 2. The first-order chi connectivity index (χ1) is 13.4. The van der Waals surface area contributed by atoms with Gasteiger partial charge in [-0.3, -0.25) is 9.10 Å². The van der Waals surface area contributed by atoms with Crippen molar-refractivity contribution >= 4 is 38.6 Å². The molecule has 1 fully saturated rings. The average Bonchev–Trinajstić information content (AvgIpc) is 3.25. The lowest BCUT2D eigenvalue weighted by Gasteiger charge is -2.17. The van der Waals surface area contributed by atoms with E-state index in [-0.39, 0.29) is 11.7 Å². The van der Waals surface area contributed by atoms with E-state index in [4.69, 9.17) is 0 Å². The number of aromatic nitrogens is 1. The van der Waals surface area contributed by atoms with Gasteiger partial charge in [-0.1, -0.05) is 30.3 Å². The van der Waals surface area contributed by atoms with Crippen LogP contribution in [0.5, 0.6) is 0 Å². The molecule has 0 aliphatic carbocycles. The van der Waals surface area contributed by atoms with Gasteiger partial charge in [0, 0.05) is 17.8 Å². The number of hydrogen-bond acceptors (Lipinski definition) is 5. The second-order valence-corrected chi connectivity index (χ2v) is 9.74. The minimum Gasteiger partial charge on any atom is -0.321 e. The highest BCUT2D eigenvalue weighted by molar-refractivity contribution is 7.93. The molecule has 1 saturated heterocycles. The molecule has 2 heterocycles. The Morgan fingerprint density at radius 2 is 1.82 bits per heavy atom. The van der Waals surface area contributed by atoms with Crippen molar-refractivity contribution in [3.63, 3.8) is 0 Å². The molecule has 1 aliphatic heterocycles. The van der Waals surface area contributed by atoms with E-state index in [0.29, 0.717) is 34.9 Å². The van der Waals surface area contributed by atoms with E-state index >= 15 is 0 Å². The molecule has 1 aromatic heterocycles. The number of carbonyl (C=O) groups excluding carboxylic acids is 1. The summed E-state index contributed by atoms with van der Waals surface area (Å²) in [4.78, 5) is 17.9. The molecule has 1 N–H and O–H groups in total. The van der Waals surface area contributed by atoms with E-state index < -0.39 is 10.0 Å². The maximum absolute atomic E-state index is 12.8. The standard InChI is InChI=1S/C20H19N3O3S2/c1-14-21-18(15-6-3-2-4-7-15)19(27-14)20(24)22-16-8-10-17(11-9-16)23-12-5-13-28(23,25)26/h2-4,6-11H,5,12-13H2,1H3,(H,22,24). The molecule has 28 heavy (non-hydrogen) atoms. The van der Waals surface area contributed by atoms with E-state index in [2.05, 4.69) is 10.3 Å². The highest BCUT2D eigenvalue weighted by Crippen LogP contribution is 2.29. The number of thiazole rings is 1. The van der Waals surface area contributed by atoms with Crippen LogP contribution in [0, 0.1) is 6.92 Å². The number of amides is 1. The van der Waals surface area contributed by atoms with Crippen molar-refractivity contribution in [1.29, 1.82) is 0 Å². The second-order valence-electron chi connectivity index (χ2n) is 6.52. The fraction of sp³-hybridized carbons (Fsp3) is 0.200. The zero-order valence-corrected chi connectivity index (χ0v) is 16.9. The van der Waals surface area contributed by atoms with Gasteiger partial charge in [-0.05, 0) is 37.6 Å². The number of nitrogens with one attached hydrogen (secondary N) is 1. The topological polar surface area (TPSA) is 79.4 Å². The van der Waals surface area contributed by atoms with Gasteiger partial charge in [0.2, 0.25) is 10.0 Å². The van der Waals surface area contributed by atoms with Crippen LogP contribution in [-0.4, -0.2) is 31.6 Å². The lowest BCUT2D eigenvalue weighted by Crippen LogP contribution is -2.24. The van der Waals surface area contributed by atoms with Gasteiger partial charge in [-0.2, -0.15) is 0 Å². The number of sulfonamides is 1. The minimum atomic E-state index is -3.21. The van der Waals surface area contributed by atoms with Gasteiger partial charge < -0.3 is 5.32 Å². The Kier molecular flexibility index (Phi) is 4.91. The molecule has 3 aromatic rings. The molecule has 0 unspecified atom stereocenters. The Bertz CT molecular complexity index is 1110. The monoisotopic (exact) mass is 413 g/mol. The Balaban J connectivity index is 1.55. The van der Waals surface area contributed by atoms with E-state index in [1.807, 2.05) is 37.3 Å². The molecule has 1 aliphatic rings. The summed E-state index contributed by atoms with van der Waals surface area (Å²) in [5.41, 5.74) is 2.79. The Hall–Kier alpha value is -2.71. The third-order valence-electron chi connectivity index (χ3n) is 4.50. The van der Waals surface area contributed by atoms with E-state index in [1.54, 1.807) is 24.3 Å². The van der Waals surface area contributed by atoms with Crippen molar-refractivity contribution in [3.05, 3.63) is 64.5 Å². The van der Waals surface area contributed by atoms with Crippen LogP contribution in [0.3, 0.4) is 0 Å². The third kappa shape index (κ3) is 3.65. The fourth-order valence-corrected chi connectivity index (χ4v) is 5.60. The molecule has 1 amide bonds. The minimum absolute atomic E-state index is 0.179. The smallest absolute Gasteiger partial charge is 0.268 e. The largest absolute Gasteiger partial charge is 0.321 e. The van der Waals surface area contributed by atoms with Crippen LogP contribution in [0.1, 0.15) is 21.1 Å². The van der Waals surface area contributed by atoms with E-state index in [9.17, 15) is 13.2 Å². The number of benzene rings is 2. The van der Waals surface area contributed by atoms with Crippen LogP contribution >= 0.6 is 11.3 Å². The molecular weight excluding hydrogens is 394 g/mol. The lowest BCUT2D eigenvalue weighted by atomic mass is 10.1. The summed E-state index contributed by atoms with van der Waals surface area (Å²) in [6, 6.07) is 16.5. The molecule has 6 nitrogen and oxygen atoms in total. The number of aryl methyl sites for hydroxylation is 1. The first kappa shape index (κ1) is 18.6. The Morgan fingerprint density at radius 1 is 1.11 bits per heavy atom. The molecule has 0 spiro atoms. The SMILES string of the molecule is Cc1nc(-c2ccccc2)c(C(=O)Nc2ccc(N3CCCS3(=O)=O)cc2)s1. The Morgan fingerprint density at radius 3 is 2.46 bits per heavy atom. The van der Waals surface area contributed by atoms with Crippen LogP contribution in [0.4, 0.5) is 11.4 Å². The predicted molar refractivity (Wildman–Crippen MR) is 112 cm³/mol. The Labute approximate surface area is 167 Å². The van der Waals surface area contributed by atoms with Crippen LogP contribution < -0.4 is 9.62 Å². The highest BCUT2D eigenvalue weighted by Gasteiger charge is 2.28. The normalized spacial score (nSPS) is 15.5. The first-order valence-corrected chi connectivity index (χ1v) is 11.3. The quantitative estimate of drug-likeness (QED) is 0.703. The van der Waals surface area contributed by atoms with Crippen molar-refractivity contribution in [3.8, 4) is 11.3 Å². The van der Waals surface area contributed by atoms with Gasteiger partial charge in [0.1, 0.15) is 4.88 Å². The molecule has 0 atom stereocenters. The van der Waals surface area contributed by atoms with Crippen LogP contribution in [0.25, 0.3) is 11.3 Å². The maximum Gasteiger partial charge on any atom is 0.268 e. The summed E-state index contributed by atoms with van der Waals surface area (Å²) in [6.45, 7) is 2.37. The van der Waals surface area contributed by atoms with Crippen molar-refractivity contribution in [2.24, 2.45) is 0 Å². The van der Waals surface area contributed by atoms with Crippen molar-refractivity contribution < 1.29 is 13.2 Å². The first-order valence-electron chi connectivity index (χ1n) is 8.89. The van der Waals surface area contributed by atoms with Gasteiger partial charge in [0.25, 0.3) is 5.91 Å². The predicted octanol–water partition coefficient (Wildman–Crippen LogP) is 3.91. The van der Waals surface area contributed by atoms with Crippen LogP contribution in [-0.2, 0) is 10.0 Å². The third-order valence-corrected chi connectivity index (χ3v) is 7.34. The summed E-state index contributed by atoms with van der Waals surface area (Å²) < 4.78 is 25.5.